The molecule has 1 aromatic rings. The molecule has 3 atom stereocenters. The van der Waals surface area contributed by atoms with Crippen molar-refractivity contribution in [3.05, 3.63) is 35.4 Å². The maximum absolute atomic E-state index is 13.6. The monoisotopic (exact) mass is 398 g/mol. The number of ether oxygens (including phenoxy) is 1. The normalized spacial score (nSPS) is 27.0. The second-order valence-electron chi connectivity index (χ2n) is 9.00. The first-order chi connectivity index (χ1) is 14.1. The highest BCUT2D eigenvalue weighted by molar-refractivity contribution is 6.02. The van der Waals surface area contributed by atoms with E-state index in [1.54, 1.807) is 0 Å². The third-order valence-corrected chi connectivity index (χ3v) is 7.28. The van der Waals surface area contributed by atoms with Crippen LogP contribution in [0.4, 0.5) is 0 Å². The average Bonchev–Trinajstić information content (AvgIpc) is 3.26. The van der Waals surface area contributed by atoms with Gasteiger partial charge in [0.25, 0.3) is 5.91 Å². The van der Waals surface area contributed by atoms with E-state index in [1.165, 1.54) is 6.42 Å². The first kappa shape index (κ1) is 20.4. The zero-order valence-electron chi connectivity index (χ0n) is 17.8. The Morgan fingerprint density at radius 2 is 2.00 bits per heavy atom. The predicted octanol–water partition coefficient (Wildman–Crippen LogP) is 4.02. The zero-order valence-corrected chi connectivity index (χ0v) is 17.8. The van der Waals surface area contributed by atoms with Crippen molar-refractivity contribution < 1.29 is 14.3 Å². The summed E-state index contributed by atoms with van der Waals surface area (Å²) in [5.74, 6) is -0.164. The van der Waals surface area contributed by atoms with Gasteiger partial charge in [-0.1, -0.05) is 44.4 Å². The lowest BCUT2D eigenvalue weighted by molar-refractivity contribution is -0.128. The van der Waals surface area contributed by atoms with Crippen molar-refractivity contribution in [2.75, 3.05) is 13.2 Å². The van der Waals surface area contributed by atoms with E-state index in [-0.39, 0.29) is 29.9 Å². The first-order valence-corrected chi connectivity index (χ1v) is 11.4. The van der Waals surface area contributed by atoms with E-state index < -0.39 is 5.54 Å². The Morgan fingerprint density at radius 1 is 1.24 bits per heavy atom. The molecule has 2 fully saturated rings. The van der Waals surface area contributed by atoms with Crippen LogP contribution < -0.4 is 5.32 Å². The van der Waals surface area contributed by atoms with E-state index in [4.69, 9.17) is 4.74 Å². The second-order valence-corrected chi connectivity index (χ2v) is 9.00. The predicted molar refractivity (Wildman–Crippen MR) is 113 cm³/mol. The molecule has 1 aromatic carbocycles. The standard InChI is InChI=1S/C24H34N2O3/c1-3-17(2)26-23(28)20-12-6-5-11-19(20)21(24(26)13-7-4-8-14-24)22(27)25-16-18-10-9-15-29-18/h5-6,11-12,17-18,21H,3-4,7-10,13-16H2,1-2H3,(H,25,27)/t17-,18+,21+/m0/s1. The van der Waals surface area contributed by atoms with Crippen molar-refractivity contribution in [3.8, 4) is 0 Å². The van der Waals surface area contributed by atoms with Gasteiger partial charge < -0.3 is 15.0 Å². The fraction of sp³-hybridized carbons (Fsp3) is 0.667. The smallest absolute Gasteiger partial charge is 0.254 e. The first-order valence-electron chi connectivity index (χ1n) is 11.4. The number of fused-ring (bicyclic) bond motifs is 1. The maximum atomic E-state index is 13.6. The van der Waals surface area contributed by atoms with Crippen molar-refractivity contribution in [1.29, 1.82) is 0 Å². The van der Waals surface area contributed by atoms with Gasteiger partial charge in [-0.3, -0.25) is 9.59 Å². The van der Waals surface area contributed by atoms with Gasteiger partial charge in [0.2, 0.25) is 5.91 Å². The van der Waals surface area contributed by atoms with Gasteiger partial charge in [0.1, 0.15) is 0 Å². The van der Waals surface area contributed by atoms with Crippen LogP contribution in [0, 0.1) is 0 Å². The minimum Gasteiger partial charge on any atom is -0.376 e. The molecule has 2 amide bonds. The van der Waals surface area contributed by atoms with Crippen LogP contribution >= 0.6 is 0 Å². The van der Waals surface area contributed by atoms with Crippen LogP contribution in [0.3, 0.4) is 0 Å². The van der Waals surface area contributed by atoms with E-state index in [0.29, 0.717) is 12.1 Å². The van der Waals surface area contributed by atoms with Crippen LogP contribution in [0.1, 0.15) is 87.1 Å². The third kappa shape index (κ3) is 3.58. The molecule has 158 valence electrons. The van der Waals surface area contributed by atoms with Crippen LogP contribution in [-0.2, 0) is 9.53 Å². The molecule has 1 aliphatic carbocycles. The molecule has 1 N–H and O–H groups in total. The highest BCUT2D eigenvalue weighted by Gasteiger charge is 2.55. The molecule has 5 heteroatoms. The molecule has 3 aliphatic rings. The Balaban J connectivity index is 1.74. The molecule has 0 aromatic heterocycles. The van der Waals surface area contributed by atoms with Gasteiger partial charge in [-0.2, -0.15) is 0 Å². The maximum Gasteiger partial charge on any atom is 0.254 e. The highest BCUT2D eigenvalue weighted by Crippen LogP contribution is 2.50. The average molecular weight is 399 g/mol. The summed E-state index contributed by atoms with van der Waals surface area (Å²) < 4.78 is 5.71. The third-order valence-electron chi connectivity index (χ3n) is 7.28. The summed E-state index contributed by atoms with van der Waals surface area (Å²) in [7, 11) is 0. The van der Waals surface area contributed by atoms with E-state index >= 15 is 0 Å². The van der Waals surface area contributed by atoms with Gasteiger partial charge in [0.05, 0.1) is 17.6 Å². The summed E-state index contributed by atoms with van der Waals surface area (Å²) in [5, 5.41) is 3.20. The fourth-order valence-corrected chi connectivity index (χ4v) is 5.73. The molecule has 4 rings (SSSR count). The lowest BCUT2D eigenvalue weighted by Crippen LogP contribution is -2.65. The van der Waals surface area contributed by atoms with Crippen LogP contribution in [0.15, 0.2) is 24.3 Å². The topological polar surface area (TPSA) is 58.6 Å². The van der Waals surface area contributed by atoms with E-state index in [1.807, 2.05) is 24.3 Å². The van der Waals surface area contributed by atoms with Gasteiger partial charge >= 0.3 is 0 Å². The van der Waals surface area contributed by atoms with Crippen LogP contribution in [0.2, 0.25) is 0 Å². The Labute approximate surface area is 174 Å². The fourth-order valence-electron chi connectivity index (χ4n) is 5.73. The number of nitrogens with one attached hydrogen (secondary N) is 1. The molecule has 1 saturated carbocycles. The number of carbonyl (C=O) groups excluding carboxylic acids is 2. The molecule has 2 aliphatic heterocycles. The minimum atomic E-state index is -0.417. The summed E-state index contributed by atoms with van der Waals surface area (Å²) in [4.78, 5) is 29.3. The Hall–Kier alpha value is -1.88. The molecular weight excluding hydrogens is 364 g/mol. The summed E-state index contributed by atoms with van der Waals surface area (Å²) in [6.07, 6.45) is 8.18. The van der Waals surface area contributed by atoms with Crippen LogP contribution in [0.25, 0.3) is 0 Å². The lowest BCUT2D eigenvalue weighted by atomic mass is 9.64. The van der Waals surface area contributed by atoms with Crippen LogP contribution in [0.5, 0.6) is 0 Å². The SMILES string of the molecule is CC[C@H](C)N1C(=O)c2ccccc2[C@H](C(=O)NC[C@H]2CCCO2)C12CCCCC2. The molecule has 1 saturated heterocycles. The van der Waals surface area contributed by atoms with Gasteiger partial charge in [-0.25, -0.2) is 0 Å². The molecule has 2 heterocycles. The number of hydrogen-bond acceptors (Lipinski definition) is 3. The summed E-state index contributed by atoms with van der Waals surface area (Å²) in [6.45, 7) is 5.60. The van der Waals surface area contributed by atoms with Crippen molar-refractivity contribution >= 4 is 11.8 Å². The number of amides is 2. The number of nitrogens with zero attached hydrogens (tertiary/aromatic N) is 1. The van der Waals surface area contributed by atoms with E-state index in [9.17, 15) is 9.59 Å². The molecule has 0 radical (unpaired) electrons. The lowest BCUT2D eigenvalue weighted by Gasteiger charge is -2.55. The summed E-state index contributed by atoms with van der Waals surface area (Å²) in [6, 6.07) is 7.87. The van der Waals surface area contributed by atoms with Gasteiger partial charge in [-0.05, 0) is 50.7 Å². The van der Waals surface area contributed by atoms with Crippen LogP contribution in [-0.4, -0.2) is 47.6 Å². The number of benzene rings is 1. The van der Waals surface area contributed by atoms with Crippen molar-refractivity contribution in [2.24, 2.45) is 0 Å². The van der Waals surface area contributed by atoms with Crippen molar-refractivity contribution in [3.63, 3.8) is 0 Å². The minimum absolute atomic E-state index is 0.0515. The summed E-state index contributed by atoms with van der Waals surface area (Å²) >= 11 is 0. The number of hydrogen-bond donors (Lipinski definition) is 1. The molecule has 5 nitrogen and oxygen atoms in total. The molecular formula is C24H34N2O3. The van der Waals surface area contributed by atoms with Gasteiger partial charge in [0, 0.05) is 24.8 Å². The van der Waals surface area contributed by atoms with E-state index in [2.05, 4.69) is 24.1 Å². The molecule has 0 bridgehead atoms. The quantitative estimate of drug-likeness (QED) is 0.815. The van der Waals surface area contributed by atoms with Gasteiger partial charge in [0.15, 0.2) is 0 Å². The van der Waals surface area contributed by atoms with Crippen molar-refractivity contribution in [1.82, 2.24) is 10.2 Å². The van der Waals surface area contributed by atoms with Gasteiger partial charge in [-0.15, -0.1) is 0 Å². The number of rotatable bonds is 5. The second kappa shape index (κ2) is 8.47. The van der Waals surface area contributed by atoms with Crippen molar-refractivity contribution in [2.45, 2.75) is 88.8 Å². The zero-order chi connectivity index (χ0) is 20.4. The summed E-state index contributed by atoms with van der Waals surface area (Å²) in [5.41, 5.74) is 1.18. The van der Waals surface area contributed by atoms with E-state index in [0.717, 1.165) is 57.1 Å². The Morgan fingerprint density at radius 3 is 2.69 bits per heavy atom. The Bertz CT molecular complexity index is 750. The highest BCUT2D eigenvalue weighted by atomic mass is 16.5. The molecule has 0 unspecified atom stereocenters. The largest absolute Gasteiger partial charge is 0.376 e. The molecule has 29 heavy (non-hydrogen) atoms. The Kier molecular flexibility index (Phi) is 5.95. The number of carbonyl (C=O) groups is 2. The molecule has 1 spiro atoms.